The molecule has 0 N–H and O–H groups in total. The summed E-state index contributed by atoms with van der Waals surface area (Å²) in [6.45, 7) is 2.13. The van der Waals surface area contributed by atoms with Crippen molar-refractivity contribution in [3.63, 3.8) is 0 Å². The molecule has 4 aromatic rings. The molecule has 0 saturated heterocycles. The standard InChI is InChI=1S/C20H17N3S/c1-2-24-20-22-21-19(23(20)16-11-4-3-5-12-16)18-14-8-10-15-9-6-7-13-17(15)18/h3-14H,2H2,1H3. The van der Waals surface area contributed by atoms with Crippen LogP contribution in [0, 0.1) is 0 Å². The van der Waals surface area contributed by atoms with Crippen LogP contribution in [-0.2, 0) is 0 Å². The normalized spacial score (nSPS) is 11.0. The smallest absolute Gasteiger partial charge is 0.196 e. The largest absolute Gasteiger partial charge is 0.270 e. The summed E-state index contributed by atoms with van der Waals surface area (Å²) < 4.78 is 2.15. The zero-order valence-corrected chi connectivity index (χ0v) is 14.2. The molecule has 0 aliphatic heterocycles. The Bertz CT molecular complexity index is 971. The molecule has 1 aromatic heterocycles. The van der Waals surface area contributed by atoms with E-state index in [1.54, 1.807) is 11.8 Å². The highest BCUT2D eigenvalue weighted by molar-refractivity contribution is 7.99. The fourth-order valence-corrected chi connectivity index (χ4v) is 3.57. The van der Waals surface area contributed by atoms with Crippen LogP contribution < -0.4 is 0 Å². The quantitative estimate of drug-likeness (QED) is 0.482. The van der Waals surface area contributed by atoms with Crippen LogP contribution in [0.25, 0.3) is 27.8 Å². The second-order valence-corrected chi connectivity index (χ2v) is 6.67. The summed E-state index contributed by atoms with van der Waals surface area (Å²) in [6.07, 6.45) is 0. The van der Waals surface area contributed by atoms with Gasteiger partial charge < -0.3 is 0 Å². The van der Waals surface area contributed by atoms with Gasteiger partial charge in [-0.05, 0) is 28.7 Å². The molecule has 4 heteroatoms. The van der Waals surface area contributed by atoms with E-state index in [1.807, 2.05) is 18.2 Å². The van der Waals surface area contributed by atoms with Gasteiger partial charge in [0.25, 0.3) is 0 Å². The predicted molar refractivity (Wildman–Crippen MR) is 101 cm³/mol. The molecule has 3 nitrogen and oxygen atoms in total. The van der Waals surface area contributed by atoms with Crippen LogP contribution in [0.2, 0.25) is 0 Å². The molecule has 24 heavy (non-hydrogen) atoms. The maximum absolute atomic E-state index is 4.52. The van der Waals surface area contributed by atoms with Gasteiger partial charge in [-0.1, -0.05) is 79.3 Å². The van der Waals surface area contributed by atoms with Gasteiger partial charge in [0, 0.05) is 11.3 Å². The molecule has 0 spiro atoms. The molecular weight excluding hydrogens is 314 g/mol. The van der Waals surface area contributed by atoms with Gasteiger partial charge in [-0.25, -0.2) is 0 Å². The van der Waals surface area contributed by atoms with Gasteiger partial charge in [-0.2, -0.15) is 0 Å². The number of fused-ring (bicyclic) bond motifs is 1. The summed E-state index contributed by atoms with van der Waals surface area (Å²) in [5.41, 5.74) is 2.19. The van der Waals surface area contributed by atoms with Crippen molar-refractivity contribution in [3.05, 3.63) is 72.8 Å². The van der Waals surface area contributed by atoms with Crippen LogP contribution in [0.5, 0.6) is 0 Å². The zero-order chi connectivity index (χ0) is 16.4. The molecule has 0 atom stereocenters. The Balaban J connectivity index is 1.99. The summed E-state index contributed by atoms with van der Waals surface area (Å²) in [5.74, 6) is 1.84. The minimum absolute atomic E-state index is 0.883. The summed E-state index contributed by atoms with van der Waals surface area (Å²) in [5, 5.41) is 12.3. The first-order valence-corrected chi connectivity index (χ1v) is 8.99. The number of nitrogens with zero attached hydrogens (tertiary/aromatic N) is 3. The van der Waals surface area contributed by atoms with Gasteiger partial charge in [0.05, 0.1) is 0 Å². The molecule has 0 amide bonds. The first-order valence-electron chi connectivity index (χ1n) is 8.00. The fraction of sp³-hybridized carbons (Fsp3) is 0.100. The Hall–Kier alpha value is -2.59. The molecular formula is C20H17N3S. The highest BCUT2D eigenvalue weighted by atomic mass is 32.2. The van der Waals surface area contributed by atoms with Crippen molar-refractivity contribution in [1.82, 2.24) is 14.8 Å². The van der Waals surface area contributed by atoms with Gasteiger partial charge in [0.15, 0.2) is 11.0 Å². The van der Waals surface area contributed by atoms with Crippen LogP contribution in [0.1, 0.15) is 6.92 Å². The first kappa shape index (κ1) is 15.0. The number of thioether (sulfide) groups is 1. The van der Waals surface area contributed by atoms with E-state index in [9.17, 15) is 0 Å². The van der Waals surface area contributed by atoms with Gasteiger partial charge in [0.2, 0.25) is 0 Å². The van der Waals surface area contributed by atoms with E-state index in [0.717, 1.165) is 28.0 Å². The average molecular weight is 331 g/mol. The maximum atomic E-state index is 4.52. The van der Waals surface area contributed by atoms with E-state index in [1.165, 1.54) is 10.8 Å². The average Bonchev–Trinajstić information content (AvgIpc) is 3.06. The Morgan fingerprint density at radius 3 is 2.42 bits per heavy atom. The molecule has 4 rings (SSSR count). The third-order valence-corrected chi connectivity index (χ3v) is 4.76. The van der Waals surface area contributed by atoms with Crippen LogP contribution in [0.15, 0.2) is 78.0 Å². The molecule has 1 heterocycles. The molecule has 0 bridgehead atoms. The number of hydrogen-bond acceptors (Lipinski definition) is 3. The summed E-state index contributed by atoms with van der Waals surface area (Å²) in [7, 11) is 0. The van der Waals surface area contributed by atoms with E-state index < -0.39 is 0 Å². The van der Waals surface area contributed by atoms with Crippen molar-refractivity contribution in [2.45, 2.75) is 12.1 Å². The lowest BCUT2D eigenvalue weighted by molar-refractivity contribution is 0.887. The Kier molecular flexibility index (Phi) is 4.05. The Morgan fingerprint density at radius 2 is 1.58 bits per heavy atom. The Labute approximate surface area is 145 Å². The lowest BCUT2D eigenvalue weighted by Gasteiger charge is -2.11. The van der Waals surface area contributed by atoms with Crippen molar-refractivity contribution < 1.29 is 0 Å². The molecule has 0 radical (unpaired) electrons. The second kappa shape index (κ2) is 6.49. The van der Waals surface area contributed by atoms with E-state index in [-0.39, 0.29) is 0 Å². The predicted octanol–water partition coefficient (Wildman–Crippen LogP) is 5.20. The third-order valence-electron chi connectivity index (χ3n) is 3.95. The molecule has 118 valence electrons. The lowest BCUT2D eigenvalue weighted by atomic mass is 10.0. The number of hydrogen-bond donors (Lipinski definition) is 0. The van der Waals surface area contributed by atoms with E-state index in [4.69, 9.17) is 0 Å². The maximum Gasteiger partial charge on any atom is 0.196 e. The number of rotatable bonds is 4. The summed E-state index contributed by atoms with van der Waals surface area (Å²) in [4.78, 5) is 0. The number of benzene rings is 3. The fourth-order valence-electron chi connectivity index (χ4n) is 2.90. The van der Waals surface area contributed by atoms with Gasteiger partial charge in [-0.3, -0.25) is 4.57 Å². The van der Waals surface area contributed by atoms with E-state index in [2.05, 4.69) is 76.3 Å². The van der Waals surface area contributed by atoms with Crippen molar-refractivity contribution in [3.8, 4) is 17.1 Å². The molecule has 0 unspecified atom stereocenters. The number of para-hydroxylation sites is 1. The third kappa shape index (κ3) is 2.59. The first-order chi connectivity index (χ1) is 11.9. The van der Waals surface area contributed by atoms with Crippen molar-refractivity contribution in [1.29, 1.82) is 0 Å². The van der Waals surface area contributed by atoms with Crippen molar-refractivity contribution in [2.24, 2.45) is 0 Å². The van der Waals surface area contributed by atoms with Crippen molar-refractivity contribution >= 4 is 22.5 Å². The molecule has 0 aliphatic carbocycles. The van der Waals surface area contributed by atoms with Gasteiger partial charge in [0.1, 0.15) is 0 Å². The topological polar surface area (TPSA) is 30.7 Å². The number of aromatic nitrogens is 3. The molecule has 0 aliphatic rings. The SMILES string of the molecule is CCSc1nnc(-c2cccc3ccccc23)n1-c1ccccc1. The van der Waals surface area contributed by atoms with E-state index in [0.29, 0.717) is 0 Å². The van der Waals surface area contributed by atoms with Crippen molar-refractivity contribution in [2.75, 3.05) is 5.75 Å². The molecule has 0 fully saturated rings. The monoisotopic (exact) mass is 331 g/mol. The molecule has 0 saturated carbocycles. The van der Waals surface area contributed by atoms with Crippen LogP contribution in [0.3, 0.4) is 0 Å². The highest BCUT2D eigenvalue weighted by Crippen LogP contribution is 2.32. The zero-order valence-electron chi connectivity index (χ0n) is 13.4. The second-order valence-electron chi connectivity index (χ2n) is 5.44. The molecule has 3 aromatic carbocycles. The van der Waals surface area contributed by atoms with Gasteiger partial charge >= 0.3 is 0 Å². The van der Waals surface area contributed by atoms with E-state index >= 15 is 0 Å². The minimum Gasteiger partial charge on any atom is -0.270 e. The summed E-state index contributed by atoms with van der Waals surface area (Å²) >= 11 is 1.71. The van der Waals surface area contributed by atoms with Crippen LogP contribution in [0.4, 0.5) is 0 Å². The van der Waals surface area contributed by atoms with Crippen LogP contribution in [-0.4, -0.2) is 20.5 Å². The van der Waals surface area contributed by atoms with Crippen LogP contribution >= 0.6 is 11.8 Å². The van der Waals surface area contributed by atoms with Gasteiger partial charge in [-0.15, -0.1) is 10.2 Å². The minimum atomic E-state index is 0.883. The highest BCUT2D eigenvalue weighted by Gasteiger charge is 2.17. The lowest BCUT2D eigenvalue weighted by Crippen LogP contribution is -1.99. The Morgan fingerprint density at radius 1 is 0.833 bits per heavy atom. The summed E-state index contributed by atoms with van der Waals surface area (Å²) in [6, 6.07) is 25.0.